The van der Waals surface area contributed by atoms with Crippen LogP contribution in [0.4, 0.5) is 4.39 Å². The topological polar surface area (TPSA) is 58.6 Å². The molecule has 1 aliphatic heterocycles. The summed E-state index contributed by atoms with van der Waals surface area (Å²) in [6.07, 6.45) is 0. The molecule has 0 aliphatic carbocycles. The Hall–Kier alpha value is -1.67. The third-order valence-electron chi connectivity index (χ3n) is 4.49. The highest BCUT2D eigenvalue weighted by molar-refractivity contribution is 7.89. The molecule has 26 heavy (non-hydrogen) atoms. The van der Waals surface area contributed by atoms with Gasteiger partial charge in [-0.1, -0.05) is 29.8 Å². The van der Waals surface area contributed by atoms with Crippen molar-refractivity contribution in [3.05, 3.63) is 58.4 Å². The molecule has 1 heterocycles. The maximum Gasteiger partial charge on any atom is 0.245 e. The summed E-state index contributed by atoms with van der Waals surface area (Å²) >= 11 is 6.07. The van der Waals surface area contributed by atoms with Crippen LogP contribution in [0.15, 0.2) is 41.3 Å². The fourth-order valence-electron chi connectivity index (χ4n) is 3.13. The molecule has 1 N–H and O–H groups in total. The van der Waals surface area contributed by atoms with Crippen molar-refractivity contribution >= 4 is 21.6 Å². The van der Waals surface area contributed by atoms with E-state index in [4.69, 9.17) is 16.3 Å². The molecular formula is C18H20ClFN2O3S. The third-order valence-corrected chi connectivity index (χ3v) is 6.86. The van der Waals surface area contributed by atoms with Crippen LogP contribution < -0.4 is 10.1 Å². The Balaban J connectivity index is 2.09. The van der Waals surface area contributed by atoms with Crippen LogP contribution in [-0.4, -0.2) is 39.5 Å². The summed E-state index contributed by atoms with van der Waals surface area (Å²) in [5, 5.41) is 3.10. The lowest BCUT2D eigenvalue weighted by Gasteiger charge is -2.36. The summed E-state index contributed by atoms with van der Waals surface area (Å²) in [7, 11) is -2.37. The van der Waals surface area contributed by atoms with Crippen LogP contribution in [0.2, 0.25) is 5.02 Å². The smallest absolute Gasteiger partial charge is 0.245 e. The van der Waals surface area contributed by atoms with E-state index in [9.17, 15) is 12.8 Å². The molecule has 1 saturated heterocycles. The number of para-hydroxylation sites is 1. The quantitative estimate of drug-likeness (QED) is 0.859. The Kier molecular flexibility index (Phi) is 5.53. The summed E-state index contributed by atoms with van der Waals surface area (Å²) in [4.78, 5) is -0.0835. The molecule has 5 nitrogen and oxygen atoms in total. The number of piperazine rings is 1. The Morgan fingerprint density at radius 1 is 1.31 bits per heavy atom. The zero-order chi connectivity index (χ0) is 18.9. The first kappa shape index (κ1) is 19.1. The van der Waals surface area contributed by atoms with E-state index in [1.165, 1.54) is 17.3 Å². The number of ether oxygens (including phenoxy) is 1. The van der Waals surface area contributed by atoms with Crippen molar-refractivity contribution < 1.29 is 17.5 Å². The summed E-state index contributed by atoms with van der Waals surface area (Å²) in [6, 6.07) is 9.19. The molecule has 140 valence electrons. The van der Waals surface area contributed by atoms with Crippen molar-refractivity contribution in [2.24, 2.45) is 0 Å². The Morgan fingerprint density at radius 2 is 2.04 bits per heavy atom. The van der Waals surface area contributed by atoms with Crippen LogP contribution in [-0.2, 0) is 10.0 Å². The Bertz CT molecular complexity index is 921. The Labute approximate surface area is 157 Å². The zero-order valence-corrected chi connectivity index (χ0v) is 16.1. The monoisotopic (exact) mass is 398 g/mol. The van der Waals surface area contributed by atoms with Gasteiger partial charge in [-0.25, -0.2) is 12.8 Å². The van der Waals surface area contributed by atoms with Gasteiger partial charge in [-0.3, -0.25) is 0 Å². The van der Waals surface area contributed by atoms with E-state index >= 15 is 0 Å². The lowest BCUT2D eigenvalue weighted by Crippen LogP contribution is -2.48. The van der Waals surface area contributed by atoms with Crippen LogP contribution in [0.25, 0.3) is 0 Å². The summed E-state index contributed by atoms with van der Waals surface area (Å²) in [6.45, 7) is 2.75. The number of rotatable bonds is 4. The molecule has 1 unspecified atom stereocenters. The van der Waals surface area contributed by atoms with Crippen LogP contribution in [0.1, 0.15) is 17.2 Å². The van der Waals surface area contributed by atoms with Gasteiger partial charge < -0.3 is 10.1 Å². The fourth-order valence-corrected chi connectivity index (χ4v) is 5.32. The average molecular weight is 399 g/mol. The second-order valence-corrected chi connectivity index (χ2v) is 8.38. The highest BCUT2D eigenvalue weighted by Crippen LogP contribution is 2.36. The van der Waals surface area contributed by atoms with E-state index in [-0.39, 0.29) is 22.0 Å². The lowest BCUT2D eigenvalue weighted by atomic mass is 10.0. The molecule has 3 rings (SSSR count). The molecule has 0 saturated carbocycles. The van der Waals surface area contributed by atoms with Crippen LogP contribution in [0.3, 0.4) is 0 Å². The zero-order valence-electron chi connectivity index (χ0n) is 14.5. The fraction of sp³-hybridized carbons (Fsp3) is 0.333. The molecule has 0 radical (unpaired) electrons. The number of sulfonamides is 1. The van der Waals surface area contributed by atoms with Gasteiger partial charge in [0.25, 0.3) is 0 Å². The molecule has 2 aromatic carbocycles. The van der Waals surface area contributed by atoms with Crippen LogP contribution >= 0.6 is 11.6 Å². The van der Waals surface area contributed by atoms with Crippen LogP contribution in [0.5, 0.6) is 5.75 Å². The molecule has 1 atom stereocenters. The van der Waals surface area contributed by atoms with E-state index in [1.807, 2.05) is 18.2 Å². The number of halogens is 2. The van der Waals surface area contributed by atoms with Gasteiger partial charge in [-0.2, -0.15) is 4.31 Å². The standard InChI is InChI=1S/C18H20ClFN2O3S/c1-12-9-18(14(19)10-15(12)20)26(23,24)22-8-7-21-11-16(22)13-5-3-4-6-17(13)25-2/h3-6,9-10,16,21H,7-8,11H2,1-2H3. The molecule has 1 fully saturated rings. The minimum Gasteiger partial charge on any atom is -0.496 e. The van der Waals surface area contributed by atoms with E-state index < -0.39 is 21.9 Å². The number of nitrogens with one attached hydrogen (secondary N) is 1. The first-order valence-electron chi connectivity index (χ1n) is 8.17. The predicted octanol–water partition coefficient (Wildman–Crippen LogP) is 3.13. The third kappa shape index (κ3) is 3.44. The van der Waals surface area contributed by atoms with Gasteiger partial charge in [0.1, 0.15) is 16.5 Å². The number of nitrogens with zero attached hydrogens (tertiary/aromatic N) is 1. The van der Waals surface area contributed by atoms with Gasteiger partial charge in [0.05, 0.1) is 18.2 Å². The van der Waals surface area contributed by atoms with Gasteiger partial charge >= 0.3 is 0 Å². The highest BCUT2D eigenvalue weighted by Gasteiger charge is 2.37. The van der Waals surface area contributed by atoms with Crippen molar-refractivity contribution in [3.8, 4) is 5.75 Å². The average Bonchev–Trinajstić information content (AvgIpc) is 2.64. The molecule has 0 bridgehead atoms. The van der Waals surface area contributed by atoms with Gasteiger partial charge in [0.15, 0.2) is 0 Å². The SMILES string of the molecule is COc1ccccc1C1CNCCN1S(=O)(=O)c1cc(C)c(F)cc1Cl. The molecule has 0 aromatic heterocycles. The van der Waals surface area contributed by atoms with Crippen LogP contribution in [0, 0.1) is 12.7 Å². The molecular weight excluding hydrogens is 379 g/mol. The van der Waals surface area contributed by atoms with Crippen molar-refractivity contribution in [3.63, 3.8) is 0 Å². The van der Waals surface area contributed by atoms with E-state index in [0.717, 1.165) is 11.6 Å². The molecule has 1 aliphatic rings. The van der Waals surface area contributed by atoms with Gasteiger partial charge in [0.2, 0.25) is 10.0 Å². The summed E-state index contributed by atoms with van der Waals surface area (Å²) in [5.41, 5.74) is 0.998. The molecule has 2 aromatic rings. The van der Waals surface area contributed by atoms with Gasteiger partial charge in [-0.15, -0.1) is 0 Å². The Morgan fingerprint density at radius 3 is 2.77 bits per heavy atom. The number of hydrogen-bond acceptors (Lipinski definition) is 4. The first-order chi connectivity index (χ1) is 12.4. The van der Waals surface area contributed by atoms with Crippen molar-refractivity contribution in [2.45, 2.75) is 17.9 Å². The van der Waals surface area contributed by atoms with Gasteiger partial charge in [0, 0.05) is 25.2 Å². The van der Waals surface area contributed by atoms with Crippen molar-refractivity contribution in [1.29, 1.82) is 0 Å². The molecule has 0 spiro atoms. The number of benzene rings is 2. The second kappa shape index (κ2) is 7.52. The first-order valence-corrected chi connectivity index (χ1v) is 9.99. The number of methoxy groups -OCH3 is 1. The van der Waals surface area contributed by atoms with Gasteiger partial charge in [-0.05, 0) is 30.7 Å². The lowest BCUT2D eigenvalue weighted by molar-refractivity contribution is 0.264. The summed E-state index contributed by atoms with van der Waals surface area (Å²) in [5.74, 6) is 0.0818. The normalized spacial score (nSPS) is 18.7. The maximum atomic E-state index is 13.7. The van der Waals surface area contributed by atoms with E-state index in [2.05, 4.69) is 5.32 Å². The van der Waals surface area contributed by atoms with Crippen molar-refractivity contribution in [2.75, 3.05) is 26.7 Å². The molecule has 8 heteroatoms. The summed E-state index contributed by atoms with van der Waals surface area (Å²) < 4.78 is 47.1. The minimum absolute atomic E-state index is 0.0835. The molecule has 0 amide bonds. The minimum atomic E-state index is -3.92. The highest BCUT2D eigenvalue weighted by atomic mass is 35.5. The number of hydrogen-bond donors (Lipinski definition) is 1. The maximum absolute atomic E-state index is 13.7. The largest absolute Gasteiger partial charge is 0.496 e. The van der Waals surface area contributed by atoms with E-state index in [0.29, 0.717) is 18.8 Å². The number of aryl methyl sites for hydroxylation is 1. The predicted molar refractivity (Wildman–Crippen MR) is 98.6 cm³/mol. The second-order valence-electron chi connectivity index (χ2n) is 6.11. The van der Waals surface area contributed by atoms with Crippen molar-refractivity contribution in [1.82, 2.24) is 9.62 Å². The van der Waals surface area contributed by atoms with E-state index in [1.54, 1.807) is 13.2 Å².